The number of hydrogen-bond acceptors (Lipinski definition) is 3. The van der Waals surface area contributed by atoms with Crippen LogP contribution < -0.4 is 5.32 Å². The van der Waals surface area contributed by atoms with Crippen LogP contribution in [0.1, 0.15) is 24.9 Å². The van der Waals surface area contributed by atoms with Gasteiger partial charge in [0.2, 0.25) is 5.91 Å². The monoisotopic (exact) mass is 225 g/mol. The molecule has 0 aromatic carbocycles. The van der Waals surface area contributed by atoms with Crippen molar-refractivity contribution in [2.45, 2.75) is 26.3 Å². The van der Waals surface area contributed by atoms with Crippen molar-refractivity contribution in [2.24, 2.45) is 0 Å². The number of amides is 1. The third-order valence-electron chi connectivity index (χ3n) is 2.33. The Labute approximate surface area is 95.8 Å². The van der Waals surface area contributed by atoms with Gasteiger partial charge in [-0.15, -0.1) is 0 Å². The summed E-state index contributed by atoms with van der Waals surface area (Å²) in [5.74, 6) is -0.0146. The van der Waals surface area contributed by atoms with E-state index in [2.05, 4.69) is 10.4 Å². The van der Waals surface area contributed by atoms with E-state index in [1.807, 2.05) is 20.0 Å². The summed E-state index contributed by atoms with van der Waals surface area (Å²) in [5, 5.41) is 6.96. The summed E-state index contributed by atoms with van der Waals surface area (Å²) in [6, 6.07) is -0.267. The molecule has 0 saturated heterocycles. The van der Waals surface area contributed by atoms with Crippen molar-refractivity contribution in [1.29, 1.82) is 0 Å². The van der Waals surface area contributed by atoms with E-state index in [9.17, 15) is 4.79 Å². The maximum Gasteiger partial charge on any atom is 0.244 e. The van der Waals surface area contributed by atoms with Gasteiger partial charge in [0.15, 0.2) is 0 Å². The van der Waals surface area contributed by atoms with Crippen LogP contribution >= 0.6 is 0 Å². The quantitative estimate of drug-likeness (QED) is 0.732. The highest BCUT2D eigenvalue weighted by molar-refractivity contribution is 5.79. The third-order valence-corrected chi connectivity index (χ3v) is 2.33. The first-order chi connectivity index (χ1) is 7.65. The molecule has 0 aliphatic heterocycles. The first-order valence-corrected chi connectivity index (χ1v) is 5.42. The number of aromatic nitrogens is 2. The van der Waals surface area contributed by atoms with Crippen molar-refractivity contribution < 1.29 is 9.53 Å². The molecule has 0 aliphatic carbocycles. The van der Waals surface area contributed by atoms with Crippen molar-refractivity contribution in [2.75, 3.05) is 20.3 Å². The van der Waals surface area contributed by atoms with E-state index in [0.717, 1.165) is 12.0 Å². The van der Waals surface area contributed by atoms with Crippen molar-refractivity contribution in [3.05, 3.63) is 18.0 Å². The second-order valence-corrected chi connectivity index (χ2v) is 3.81. The van der Waals surface area contributed by atoms with Gasteiger partial charge in [0, 0.05) is 26.5 Å². The molecule has 1 heterocycles. The summed E-state index contributed by atoms with van der Waals surface area (Å²) in [4.78, 5) is 11.7. The van der Waals surface area contributed by atoms with Crippen LogP contribution in [0.4, 0.5) is 0 Å². The second-order valence-electron chi connectivity index (χ2n) is 3.81. The van der Waals surface area contributed by atoms with Gasteiger partial charge in [-0.25, -0.2) is 0 Å². The zero-order valence-corrected chi connectivity index (χ0v) is 10.1. The number of nitrogens with one attached hydrogen (secondary N) is 1. The fraction of sp³-hybridized carbons (Fsp3) is 0.636. The van der Waals surface area contributed by atoms with Gasteiger partial charge in [0.05, 0.1) is 6.20 Å². The van der Waals surface area contributed by atoms with Crippen LogP contribution in [0, 0.1) is 6.92 Å². The zero-order chi connectivity index (χ0) is 12.0. The lowest BCUT2D eigenvalue weighted by Crippen LogP contribution is -2.32. The molecule has 1 aromatic heterocycles. The molecule has 5 nitrogen and oxygen atoms in total. The molecule has 0 fully saturated rings. The SMILES string of the molecule is COCCCNC(=O)C(C)n1cc(C)cn1. The Balaban J connectivity index is 2.36. The smallest absolute Gasteiger partial charge is 0.244 e. The lowest BCUT2D eigenvalue weighted by atomic mass is 10.3. The molecule has 0 saturated carbocycles. The Morgan fingerprint density at radius 2 is 2.44 bits per heavy atom. The van der Waals surface area contributed by atoms with Gasteiger partial charge in [-0.05, 0) is 25.8 Å². The number of nitrogens with zero attached hydrogens (tertiary/aromatic N) is 2. The maximum atomic E-state index is 11.7. The third kappa shape index (κ3) is 3.66. The Kier molecular flexibility index (Phi) is 4.98. The molecule has 0 radical (unpaired) electrons. The molecular formula is C11H19N3O2. The van der Waals surface area contributed by atoms with Gasteiger partial charge in [-0.1, -0.05) is 0 Å². The zero-order valence-electron chi connectivity index (χ0n) is 10.1. The number of carbonyl (C=O) groups is 1. The summed E-state index contributed by atoms with van der Waals surface area (Å²) in [5.41, 5.74) is 1.05. The molecule has 16 heavy (non-hydrogen) atoms. The first-order valence-electron chi connectivity index (χ1n) is 5.42. The molecule has 5 heteroatoms. The van der Waals surface area contributed by atoms with E-state index in [1.54, 1.807) is 18.0 Å². The fourth-order valence-corrected chi connectivity index (χ4v) is 1.34. The number of carbonyl (C=O) groups excluding carboxylic acids is 1. The standard InChI is InChI=1S/C11H19N3O2/c1-9-7-13-14(8-9)10(2)11(15)12-5-4-6-16-3/h7-8,10H,4-6H2,1-3H3,(H,12,15). The van der Waals surface area contributed by atoms with Crippen molar-refractivity contribution >= 4 is 5.91 Å². The molecular weight excluding hydrogens is 206 g/mol. The van der Waals surface area contributed by atoms with Gasteiger partial charge in [-0.3, -0.25) is 9.48 Å². The van der Waals surface area contributed by atoms with E-state index in [0.29, 0.717) is 13.2 Å². The summed E-state index contributed by atoms with van der Waals surface area (Å²) in [6.07, 6.45) is 4.43. The number of aryl methyl sites for hydroxylation is 1. The molecule has 90 valence electrons. The van der Waals surface area contributed by atoms with Crippen molar-refractivity contribution in [3.63, 3.8) is 0 Å². The molecule has 1 rings (SSSR count). The Morgan fingerprint density at radius 1 is 1.69 bits per heavy atom. The Morgan fingerprint density at radius 3 is 3.00 bits per heavy atom. The van der Waals surface area contributed by atoms with Crippen LogP contribution in [0.5, 0.6) is 0 Å². The van der Waals surface area contributed by atoms with Gasteiger partial charge in [0.25, 0.3) is 0 Å². The average Bonchev–Trinajstić information content (AvgIpc) is 2.70. The average molecular weight is 225 g/mol. The van der Waals surface area contributed by atoms with Gasteiger partial charge >= 0.3 is 0 Å². The molecule has 1 unspecified atom stereocenters. The van der Waals surface area contributed by atoms with E-state index < -0.39 is 0 Å². The summed E-state index contributed by atoms with van der Waals surface area (Å²) >= 11 is 0. The largest absolute Gasteiger partial charge is 0.385 e. The van der Waals surface area contributed by atoms with Crippen molar-refractivity contribution in [1.82, 2.24) is 15.1 Å². The van der Waals surface area contributed by atoms with E-state index >= 15 is 0 Å². The minimum atomic E-state index is -0.267. The van der Waals surface area contributed by atoms with Gasteiger partial charge < -0.3 is 10.1 Å². The topological polar surface area (TPSA) is 56.1 Å². The molecule has 1 N–H and O–H groups in total. The molecule has 0 aliphatic rings. The number of ether oxygens (including phenoxy) is 1. The van der Waals surface area contributed by atoms with Crippen LogP contribution in [0.3, 0.4) is 0 Å². The van der Waals surface area contributed by atoms with E-state index in [-0.39, 0.29) is 11.9 Å². The van der Waals surface area contributed by atoms with Crippen LogP contribution in [0.15, 0.2) is 12.4 Å². The highest BCUT2D eigenvalue weighted by Crippen LogP contribution is 2.05. The molecule has 1 amide bonds. The Hall–Kier alpha value is -1.36. The van der Waals surface area contributed by atoms with Crippen LogP contribution in [0.2, 0.25) is 0 Å². The number of hydrogen-bond donors (Lipinski definition) is 1. The van der Waals surface area contributed by atoms with Crippen LogP contribution in [-0.4, -0.2) is 35.9 Å². The maximum absolute atomic E-state index is 11.7. The van der Waals surface area contributed by atoms with E-state index in [4.69, 9.17) is 4.74 Å². The fourth-order valence-electron chi connectivity index (χ4n) is 1.34. The van der Waals surface area contributed by atoms with E-state index in [1.165, 1.54) is 0 Å². The molecule has 1 aromatic rings. The second kappa shape index (κ2) is 6.27. The van der Waals surface area contributed by atoms with Gasteiger partial charge in [0.1, 0.15) is 6.04 Å². The summed E-state index contributed by atoms with van der Waals surface area (Å²) in [6.45, 7) is 5.08. The van der Waals surface area contributed by atoms with Crippen LogP contribution in [0.25, 0.3) is 0 Å². The predicted molar refractivity (Wildman–Crippen MR) is 61.2 cm³/mol. The molecule has 0 spiro atoms. The lowest BCUT2D eigenvalue weighted by Gasteiger charge is -2.12. The molecule has 1 atom stereocenters. The molecule has 0 bridgehead atoms. The summed E-state index contributed by atoms with van der Waals surface area (Å²) < 4.78 is 6.57. The van der Waals surface area contributed by atoms with Crippen LogP contribution in [-0.2, 0) is 9.53 Å². The first kappa shape index (κ1) is 12.7. The Bertz CT molecular complexity index is 336. The highest BCUT2D eigenvalue weighted by Gasteiger charge is 2.14. The minimum Gasteiger partial charge on any atom is -0.385 e. The number of rotatable bonds is 6. The number of methoxy groups -OCH3 is 1. The lowest BCUT2D eigenvalue weighted by molar-refractivity contribution is -0.124. The normalized spacial score (nSPS) is 12.4. The minimum absolute atomic E-state index is 0.0146. The van der Waals surface area contributed by atoms with Gasteiger partial charge in [-0.2, -0.15) is 5.10 Å². The van der Waals surface area contributed by atoms with Crippen molar-refractivity contribution in [3.8, 4) is 0 Å². The highest BCUT2D eigenvalue weighted by atomic mass is 16.5. The predicted octanol–water partition coefficient (Wildman–Crippen LogP) is 0.905. The summed E-state index contributed by atoms with van der Waals surface area (Å²) in [7, 11) is 1.65.